The second-order valence-electron chi connectivity index (χ2n) is 2.31. The highest BCUT2D eigenvalue weighted by molar-refractivity contribution is 6.38. The number of benzene rings is 1. The maximum atomic E-state index is 11.1. The first-order valence-electron chi connectivity index (χ1n) is 3.42. The minimum atomic E-state index is -0.227. The van der Waals surface area contributed by atoms with Gasteiger partial charge in [0, 0.05) is 17.6 Å². The van der Waals surface area contributed by atoms with Crippen molar-refractivity contribution in [2.24, 2.45) is 0 Å². The number of carbonyl (C=O) groups is 1. The third-order valence-electron chi connectivity index (χ3n) is 1.49. The number of hydrogen-bond acceptors (Lipinski definition) is 1. The Morgan fingerprint density at radius 3 is 2.83 bits per heavy atom. The molecule has 60 valence electrons. The highest BCUT2D eigenvalue weighted by Crippen LogP contribution is 2.08. The van der Waals surface area contributed by atoms with Gasteiger partial charge in [-0.3, -0.25) is 4.79 Å². The van der Waals surface area contributed by atoms with E-state index in [4.69, 9.17) is 19.4 Å². The van der Waals surface area contributed by atoms with Crippen LogP contribution in [0.1, 0.15) is 10.4 Å². The summed E-state index contributed by atoms with van der Waals surface area (Å²) in [5.74, 6) is -0.227. The van der Waals surface area contributed by atoms with Crippen molar-refractivity contribution >= 4 is 30.8 Å². The molecule has 0 unspecified atom stereocenters. The van der Waals surface area contributed by atoms with Gasteiger partial charge in [0.05, 0.1) is 0 Å². The summed E-state index contributed by atoms with van der Waals surface area (Å²) in [6.07, 6.45) is 0. The smallest absolute Gasteiger partial charge is 0.250 e. The zero-order valence-corrected chi connectivity index (χ0v) is 7.35. The van der Waals surface area contributed by atoms with Gasteiger partial charge in [-0.25, -0.2) is 0 Å². The third kappa shape index (κ3) is 1.80. The molecule has 0 aliphatic carbocycles. The van der Waals surface area contributed by atoms with Crippen LogP contribution in [-0.4, -0.2) is 20.8 Å². The zero-order valence-electron chi connectivity index (χ0n) is 6.60. The standard InChI is InChI=1S/C8H7BClNO/c1-11-8(12)6-4-5(10)2-3-7(6)9/h2-4H,1H3,(H,11,12). The number of amides is 1. The predicted octanol–water partition coefficient (Wildman–Crippen LogP) is 0.493. The Labute approximate surface area is 77.3 Å². The number of nitrogens with one attached hydrogen (secondary N) is 1. The Balaban J connectivity index is 3.13. The lowest BCUT2D eigenvalue weighted by molar-refractivity contribution is 0.0964. The van der Waals surface area contributed by atoms with E-state index in [1.807, 2.05) is 0 Å². The molecule has 0 atom stereocenters. The van der Waals surface area contributed by atoms with Crippen molar-refractivity contribution in [3.8, 4) is 0 Å². The topological polar surface area (TPSA) is 29.1 Å². The lowest BCUT2D eigenvalue weighted by Gasteiger charge is -2.04. The molecular weight excluding hydrogens is 172 g/mol. The highest BCUT2D eigenvalue weighted by Gasteiger charge is 2.05. The molecule has 2 nitrogen and oxygen atoms in total. The van der Waals surface area contributed by atoms with Crippen molar-refractivity contribution in [3.63, 3.8) is 0 Å². The molecule has 0 fully saturated rings. The largest absolute Gasteiger partial charge is 0.355 e. The van der Waals surface area contributed by atoms with Gasteiger partial charge in [-0.05, 0) is 12.1 Å². The van der Waals surface area contributed by atoms with Crippen LogP contribution in [0.4, 0.5) is 0 Å². The van der Waals surface area contributed by atoms with E-state index >= 15 is 0 Å². The molecule has 0 spiro atoms. The van der Waals surface area contributed by atoms with Crippen molar-refractivity contribution in [1.29, 1.82) is 0 Å². The first kappa shape index (κ1) is 9.14. The van der Waals surface area contributed by atoms with E-state index in [9.17, 15) is 4.79 Å². The summed E-state index contributed by atoms with van der Waals surface area (Å²) in [7, 11) is 7.09. The van der Waals surface area contributed by atoms with Crippen molar-refractivity contribution in [1.82, 2.24) is 5.32 Å². The Morgan fingerprint density at radius 1 is 1.58 bits per heavy atom. The molecule has 12 heavy (non-hydrogen) atoms. The van der Waals surface area contributed by atoms with E-state index in [0.29, 0.717) is 16.0 Å². The maximum absolute atomic E-state index is 11.1. The number of hydrogen-bond donors (Lipinski definition) is 1. The molecule has 4 heteroatoms. The first-order chi connectivity index (χ1) is 5.65. The summed E-state index contributed by atoms with van der Waals surface area (Å²) in [5, 5.41) is 2.97. The average Bonchev–Trinajstić information content (AvgIpc) is 2.08. The SMILES string of the molecule is [B]c1ccc(Cl)cc1C(=O)NC. The summed E-state index contributed by atoms with van der Waals surface area (Å²) < 4.78 is 0. The molecule has 0 aliphatic heterocycles. The summed E-state index contributed by atoms with van der Waals surface area (Å²) in [4.78, 5) is 11.1. The van der Waals surface area contributed by atoms with Gasteiger partial charge in [-0.15, -0.1) is 0 Å². The Bertz CT molecular complexity index is 314. The van der Waals surface area contributed by atoms with E-state index in [1.54, 1.807) is 19.2 Å². The Morgan fingerprint density at radius 2 is 2.25 bits per heavy atom. The molecule has 1 amide bonds. The van der Waals surface area contributed by atoms with Crippen LogP contribution in [0.15, 0.2) is 18.2 Å². The van der Waals surface area contributed by atoms with Crippen LogP contribution in [0.2, 0.25) is 5.02 Å². The van der Waals surface area contributed by atoms with E-state index in [2.05, 4.69) is 5.32 Å². The molecule has 1 aromatic carbocycles. The summed E-state index contributed by atoms with van der Waals surface area (Å²) in [5.41, 5.74) is 0.837. The van der Waals surface area contributed by atoms with Gasteiger partial charge in [0.15, 0.2) is 0 Å². The fraction of sp³-hybridized carbons (Fsp3) is 0.125. The van der Waals surface area contributed by atoms with Crippen LogP contribution < -0.4 is 10.8 Å². The average molecular weight is 179 g/mol. The van der Waals surface area contributed by atoms with E-state index in [1.165, 1.54) is 6.07 Å². The Hall–Kier alpha value is -0.955. The van der Waals surface area contributed by atoms with Crippen LogP contribution in [0.5, 0.6) is 0 Å². The number of rotatable bonds is 1. The summed E-state index contributed by atoms with van der Waals surface area (Å²) in [6.45, 7) is 0. The fourth-order valence-corrected chi connectivity index (χ4v) is 1.03. The van der Waals surface area contributed by atoms with E-state index in [-0.39, 0.29) is 5.91 Å². The maximum Gasteiger partial charge on any atom is 0.250 e. The van der Waals surface area contributed by atoms with Crippen LogP contribution in [-0.2, 0) is 0 Å². The second kappa shape index (κ2) is 3.63. The molecule has 1 N–H and O–H groups in total. The van der Waals surface area contributed by atoms with E-state index < -0.39 is 0 Å². The molecule has 0 aliphatic rings. The minimum absolute atomic E-state index is 0.227. The van der Waals surface area contributed by atoms with Gasteiger partial charge in [-0.2, -0.15) is 0 Å². The van der Waals surface area contributed by atoms with Crippen molar-refractivity contribution in [2.45, 2.75) is 0 Å². The molecular formula is C8H7BClNO. The molecule has 0 heterocycles. The highest BCUT2D eigenvalue weighted by atomic mass is 35.5. The lowest BCUT2D eigenvalue weighted by atomic mass is 9.90. The van der Waals surface area contributed by atoms with Gasteiger partial charge < -0.3 is 5.32 Å². The van der Waals surface area contributed by atoms with Crippen LogP contribution in [0, 0.1) is 0 Å². The fourth-order valence-electron chi connectivity index (χ4n) is 0.860. The molecule has 0 aromatic heterocycles. The first-order valence-corrected chi connectivity index (χ1v) is 3.80. The van der Waals surface area contributed by atoms with Crippen molar-refractivity contribution < 1.29 is 4.79 Å². The number of halogens is 1. The summed E-state index contributed by atoms with van der Waals surface area (Å²) >= 11 is 5.68. The molecule has 1 aromatic rings. The van der Waals surface area contributed by atoms with Gasteiger partial charge in [0.2, 0.25) is 5.91 Å². The minimum Gasteiger partial charge on any atom is -0.355 e. The molecule has 0 saturated heterocycles. The summed E-state index contributed by atoms with van der Waals surface area (Å²) in [6, 6.07) is 4.78. The third-order valence-corrected chi connectivity index (χ3v) is 1.72. The molecule has 0 bridgehead atoms. The van der Waals surface area contributed by atoms with Crippen LogP contribution in [0.3, 0.4) is 0 Å². The van der Waals surface area contributed by atoms with Gasteiger partial charge in [0.25, 0.3) is 0 Å². The van der Waals surface area contributed by atoms with E-state index in [0.717, 1.165) is 0 Å². The molecule has 1 rings (SSSR count). The predicted molar refractivity (Wildman–Crippen MR) is 50.2 cm³/mol. The van der Waals surface area contributed by atoms with Crippen LogP contribution in [0.25, 0.3) is 0 Å². The molecule has 2 radical (unpaired) electrons. The van der Waals surface area contributed by atoms with Crippen LogP contribution >= 0.6 is 11.6 Å². The Kier molecular flexibility index (Phi) is 2.76. The number of carbonyl (C=O) groups excluding carboxylic acids is 1. The zero-order chi connectivity index (χ0) is 9.14. The second-order valence-corrected chi connectivity index (χ2v) is 2.75. The van der Waals surface area contributed by atoms with Crippen molar-refractivity contribution in [3.05, 3.63) is 28.8 Å². The van der Waals surface area contributed by atoms with Crippen molar-refractivity contribution in [2.75, 3.05) is 7.05 Å². The van der Waals surface area contributed by atoms with Gasteiger partial charge >= 0.3 is 0 Å². The lowest BCUT2D eigenvalue weighted by Crippen LogP contribution is -2.25. The monoisotopic (exact) mass is 179 g/mol. The van der Waals surface area contributed by atoms with Gasteiger partial charge in [0.1, 0.15) is 7.85 Å². The normalized spacial score (nSPS) is 9.50. The molecule has 0 saturated carbocycles. The van der Waals surface area contributed by atoms with Gasteiger partial charge in [-0.1, -0.05) is 23.1 Å². The quantitative estimate of drug-likeness (QED) is 0.625.